The maximum absolute atomic E-state index is 12.2. The van der Waals surface area contributed by atoms with Gasteiger partial charge < -0.3 is 21.2 Å². The first kappa shape index (κ1) is 15.2. The van der Waals surface area contributed by atoms with Crippen LogP contribution in [-0.4, -0.2) is 46.0 Å². The Labute approximate surface area is 123 Å². The van der Waals surface area contributed by atoms with Crippen LogP contribution in [-0.2, 0) is 11.3 Å². The molecule has 7 heteroatoms. The minimum Gasteiger partial charge on any atom is -0.409 e. The first-order chi connectivity index (χ1) is 10.1. The number of amidine groups is 1. The molecule has 1 fully saturated rings. The van der Waals surface area contributed by atoms with E-state index >= 15 is 0 Å². The van der Waals surface area contributed by atoms with Crippen molar-refractivity contribution >= 4 is 11.7 Å². The van der Waals surface area contributed by atoms with Crippen LogP contribution in [0.1, 0.15) is 31.0 Å². The topological polar surface area (TPSA) is 104 Å². The van der Waals surface area contributed by atoms with Gasteiger partial charge >= 0.3 is 0 Å². The lowest BCUT2D eigenvalue weighted by atomic mass is 10.1. The second-order valence-corrected chi connectivity index (χ2v) is 5.13. The van der Waals surface area contributed by atoms with E-state index in [-0.39, 0.29) is 17.8 Å². The van der Waals surface area contributed by atoms with Crippen molar-refractivity contribution in [3.63, 3.8) is 0 Å². The fourth-order valence-corrected chi connectivity index (χ4v) is 2.42. The Morgan fingerprint density at radius 1 is 1.57 bits per heavy atom. The highest BCUT2D eigenvalue weighted by atomic mass is 16.4. The molecule has 0 bridgehead atoms. The number of hydrogen-bond acceptors (Lipinski definition) is 5. The minimum atomic E-state index is -0.275. The van der Waals surface area contributed by atoms with E-state index in [1.165, 1.54) is 0 Å². The number of nitrogens with two attached hydrogens (primary N) is 1. The Morgan fingerprint density at radius 3 is 2.95 bits per heavy atom. The SMILES string of the molecule is CC(NCc1cccnc1/C(N)=N/O)C(=O)N1CCCC1. The molecule has 1 saturated heterocycles. The highest BCUT2D eigenvalue weighted by Crippen LogP contribution is 2.10. The number of amides is 1. The summed E-state index contributed by atoms with van der Waals surface area (Å²) in [6, 6.07) is 3.34. The molecule has 1 amide bonds. The van der Waals surface area contributed by atoms with Gasteiger partial charge in [0.05, 0.1) is 6.04 Å². The van der Waals surface area contributed by atoms with Crippen LogP contribution in [0, 0.1) is 0 Å². The Balaban J connectivity index is 1.98. The zero-order valence-electron chi connectivity index (χ0n) is 12.1. The molecule has 0 spiro atoms. The maximum atomic E-state index is 12.2. The standard InChI is InChI=1S/C14H21N5O2/c1-10(14(20)19-7-2-3-8-19)17-9-11-5-4-6-16-12(11)13(15)18-21/h4-6,10,17,21H,2-3,7-9H2,1H3,(H2,15,18). The number of nitrogens with zero attached hydrogens (tertiary/aromatic N) is 3. The van der Waals surface area contributed by atoms with Crippen LogP contribution in [0.15, 0.2) is 23.5 Å². The van der Waals surface area contributed by atoms with Gasteiger partial charge in [0, 0.05) is 25.8 Å². The van der Waals surface area contributed by atoms with Crippen molar-refractivity contribution in [3.05, 3.63) is 29.6 Å². The van der Waals surface area contributed by atoms with Gasteiger partial charge in [-0.25, -0.2) is 0 Å². The highest BCUT2D eigenvalue weighted by molar-refractivity contribution is 5.96. The Morgan fingerprint density at radius 2 is 2.29 bits per heavy atom. The van der Waals surface area contributed by atoms with E-state index in [1.54, 1.807) is 12.3 Å². The normalized spacial score (nSPS) is 17.0. The summed E-state index contributed by atoms with van der Waals surface area (Å²) in [6.07, 6.45) is 3.74. The second kappa shape index (κ2) is 7.03. The van der Waals surface area contributed by atoms with Gasteiger partial charge in [0.15, 0.2) is 5.84 Å². The van der Waals surface area contributed by atoms with Gasteiger partial charge in [-0.3, -0.25) is 9.78 Å². The van der Waals surface area contributed by atoms with Crippen LogP contribution < -0.4 is 11.1 Å². The summed E-state index contributed by atoms with van der Waals surface area (Å²) in [4.78, 5) is 18.2. The van der Waals surface area contributed by atoms with E-state index in [4.69, 9.17) is 10.9 Å². The quantitative estimate of drug-likeness (QED) is 0.313. The number of aromatic nitrogens is 1. The number of rotatable bonds is 5. The van der Waals surface area contributed by atoms with Gasteiger partial charge in [-0.15, -0.1) is 0 Å². The molecule has 1 aromatic rings. The van der Waals surface area contributed by atoms with Crippen LogP contribution in [0.3, 0.4) is 0 Å². The lowest BCUT2D eigenvalue weighted by Crippen LogP contribution is -2.43. The van der Waals surface area contributed by atoms with Crippen molar-refractivity contribution in [2.45, 2.75) is 32.4 Å². The van der Waals surface area contributed by atoms with Crippen molar-refractivity contribution in [2.75, 3.05) is 13.1 Å². The predicted octanol–water partition coefficient (Wildman–Crippen LogP) is 0.277. The van der Waals surface area contributed by atoms with Crippen molar-refractivity contribution in [3.8, 4) is 0 Å². The zero-order valence-corrected chi connectivity index (χ0v) is 12.1. The highest BCUT2D eigenvalue weighted by Gasteiger charge is 2.23. The molecule has 7 nitrogen and oxygen atoms in total. The van der Waals surface area contributed by atoms with Gasteiger partial charge in [-0.05, 0) is 31.4 Å². The van der Waals surface area contributed by atoms with E-state index in [1.807, 2.05) is 17.9 Å². The third-order valence-corrected chi connectivity index (χ3v) is 3.63. The molecule has 2 heterocycles. The summed E-state index contributed by atoms with van der Waals surface area (Å²) < 4.78 is 0. The minimum absolute atomic E-state index is 0.0362. The molecular weight excluding hydrogens is 270 g/mol. The fraction of sp³-hybridized carbons (Fsp3) is 0.500. The van der Waals surface area contributed by atoms with Gasteiger partial charge in [-0.2, -0.15) is 0 Å². The van der Waals surface area contributed by atoms with Crippen molar-refractivity contribution in [1.82, 2.24) is 15.2 Å². The molecule has 0 radical (unpaired) electrons. The largest absolute Gasteiger partial charge is 0.409 e. The molecule has 21 heavy (non-hydrogen) atoms. The predicted molar refractivity (Wildman–Crippen MR) is 78.9 cm³/mol. The van der Waals surface area contributed by atoms with Crippen LogP contribution in [0.25, 0.3) is 0 Å². The maximum Gasteiger partial charge on any atom is 0.239 e. The molecule has 0 aliphatic carbocycles. The molecule has 1 aromatic heterocycles. The molecule has 1 aliphatic rings. The molecular formula is C14H21N5O2. The van der Waals surface area contributed by atoms with E-state index < -0.39 is 0 Å². The first-order valence-electron chi connectivity index (χ1n) is 7.07. The summed E-state index contributed by atoms with van der Waals surface area (Å²) in [5.41, 5.74) is 6.81. The summed E-state index contributed by atoms with van der Waals surface area (Å²) in [7, 11) is 0. The number of likely N-dealkylation sites (tertiary alicyclic amines) is 1. The van der Waals surface area contributed by atoms with Gasteiger partial charge in [0.2, 0.25) is 5.91 Å². The van der Waals surface area contributed by atoms with E-state index in [0.717, 1.165) is 31.5 Å². The number of oxime groups is 1. The average molecular weight is 291 g/mol. The van der Waals surface area contributed by atoms with Gasteiger partial charge in [0.1, 0.15) is 5.69 Å². The van der Waals surface area contributed by atoms with Crippen LogP contribution in [0.2, 0.25) is 0 Å². The van der Waals surface area contributed by atoms with Crippen LogP contribution in [0.4, 0.5) is 0 Å². The molecule has 114 valence electrons. The lowest BCUT2D eigenvalue weighted by molar-refractivity contribution is -0.131. The molecule has 2 rings (SSSR count). The number of carbonyl (C=O) groups excluding carboxylic acids is 1. The number of nitrogens with one attached hydrogen (secondary N) is 1. The Kier molecular flexibility index (Phi) is 5.10. The molecule has 1 aliphatic heterocycles. The van der Waals surface area contributed by atoms with E-state index in [2.05, 4.69) is 15.5 Å². The van der Waals surface area contributed by atoms with Gasteiger partial charge in [0.25, 0.3) is 0 Å². The third kappa shape index (κ3) is 3.69. The molecule has 0 aromatic carbocycles. The Bertz CT molecular complexity index is 526. The second-order valence-electron chi connectivity index (χ2n) is 5.13. The van der Waals surface area contributed by atoms with Crippen molar-refractivity contribution < 1.29 is 10.0 Å². The molecule has 4 N–H and O–H groups in total. The lowest BCUT2D eigenvalue weighted by Gasteiger charge is -2.21. The Hall–Kier alpha value is -2.15. The van der Waals surface area contributed by atoms with Crippen molar-refractivity contribution in [2.24, 2.45) is 10.9 Å². The zero-order chi connectivity index (χ0) is 15.2. The first-order valence-corrected chi connectivity index (χ1v) is 7.07. The van der Waals surface area contributed by atoms with Crippen LogP contribution >= 0.6 is 0 Å². The number of carbonyl (C=O) groups is 1. The third-order valence-electron chi connectivity index (χ3n) is 3.63. The summed E-state index contributed by atoms with van der Waals surface area (Å²) in [5, 5.41) is 14.9. The monoisotopic (exact) mass is 291 g/mol. The smallest absolute Gasteiger partial charge is 0.239 e. The van der Waals surface area contributed by atoms with E-state index in [9.17, 15) is 4.79 Å². The average Bonchev–Trinajstić information content (AvgIpc) is 3.05. The number of pyridine rings is 1. The molecule has 1 unspecified atom stereocenters. The summed E-state index contributed by atoms with van der Waals surface area (Å²) in [6.45, 7) is 3.96. The van der Waals surface area contributed by atoms with Gasteiger partial charge in [-0.1, -0.05) is 11.2 Å². The molecule has 0 saturated carbocycles. The van der Waals surface area contributed by atoms with E-state index in [0.29, 0.717) is 12.2 Å². The summed E-state index contributed by atoms with van der Waals surface area (Å²) in [5.74, 6) is 0.0765. The molecule has 1 atom stereocenters. The summed E-state index contributed by atoms with van der Waals surface area (Å²) >= 11 is 0. The van der Waals surface area contributed by atoms with Crippen molar-refractivity contribution in [1.29, 1.82) is 0 Å². The number of hydrogen-bond donors (Lipinski definition) is 3. The fourth-order valence-electron chi connectivity index (χ4n) is 2.42. The van der Waals surface area contributed by atoms with Crippen LogP contribution in [0.5, 0.6) is 0 Å².